The number of rotatable bonds is 1. The van der Waals surface area contributed by atoms with E-state index in [0.717, 1.165) is 16.9 Å². The van der Waals surface area contributed by atoms with Gasteiger partial charge in [-0.2, -0.15) is 0 Å². The van der Waals surface area contributed by atoms with E-state index in [4.69, 9.17) is 10.5 Å². The third kappa shape index (κ3) is 1.40. The fourth-order valence-electron chi connectivity index (χ4n) is 1.90. The van der Waals surface area contributed by atoms with Crippen LogP contribution >= 0.6 is 0 Å². The Morgan fingerprint density at radius 2 is 2.40 bits per heavy atom. The van der Waals surface area contributed by atoms with Crippen molar-refractivity contribution in [3.05, 3.63) is 24.3 Å². The van der Waals surface area contributed by atoms with Gasteiger partial charge in [0, 0.05) is 12.2 Å². The summed E-state index contributed by atoms with van der Waals surface area (Å²) in [5.41, 5.74) is 7.81. The molecule has 0 aromatic carbocycles. The number of hydrogen-bond donors (Lipinski definition) is 2. The summed E-state index contributed by atoms with van der Waals surface area (Å²) in [4.78, 5) is 11.8. The van der Waals surface area contributed by atoms with Crippen molar-refractivity contribution in [3.8, 4) is 0 Å². The van der Waals surface area contributed by atoms with Gasteiger partial charge in [-0.1, -0.05) is 0 Å². The highest BCUT2D eigenvalue weighted by molar-refractivity contribution is 5.73. The number of pyridine rings is 1. The van der Waals surface area contributed by atoms with Crippen molar-refractivity contribution in [2.24, 2.45) is 5.73 Å². The molecule has 1 saturated heterocycles. The van der Waals surface area contributed by atoms with Crippen LogP contribution < -0.4 is 5.73 Å². The number of nitrogens with two attached hydrogens (primary N) is 1. The molecule has 1 aliphatic heterocycles. The molecule has 2 atom stereocenters. The number of aromatic nitrogens is 3. The minimum Gasteiger partial charge on any atom is -0.379 e. The smallest absolute Gasteiger partial charge is 0.114 e. The Hall–Kier alpha value is -1.46. The summed E-state index contributed by atoms with van der Waals surface area (Å²) in [7, 11) is 0. The van der Waals surface area contributed by atoms with Crippen LogP contribution in [0.3, 0.4) is 0 Å². The van der Waals surface area contributed by atoms with Gasteiger partial charge in [0.2, 0.25) is 0 Å². The zero-order chi connectivity index (χ0) is 10.3. The van der Waals surface area contributed by atoms with E-state index < -0.39 is 0 Å². The summed E-state index contributed by atoms with van der Waals surface area (Å²) in [5.74, 6) is 1.08. The third-order valence-corrected chi connectivity index (χ3v) is 2.78. The van der Waals surface area contributed by atoms with E-state index in [-0.39, 0.29) is 12.0 Å². The molecule has 0 radical (unpaired) electrons. The van der Waals surface area contributed by atoms with Crippen LogP contribution in [-0.4, -0.2) is 34.2 Å². The van der Waals surface area contributed by atoms with Crippen LogP contribution in [0.1, 0.15) is 11.7 Å². The first-order valence-electron chi connectivity index (χ1n) is 4.97. The van der Waals surface area contributed by atoms with Crippen LogP contribution in [-0.2, 0) is 4.74 Å². The van der Waals surface area contributed by atoms with Gasteiger partial charge in [0.05, 0.1) is 36.4 Å². The fraction of sp³-hybridized carbons (Fsp3) is 0.400. The second-order valence-electron chi connectivity index (χ2n) is 3.82. The molecule has 1 aliphatic rings. The number of H-pyrrole nitrogens is 1. The van der Waals surface area contributed by atoms with Gasteiger partial charge < -0.3 is 15.5 Å². The summed E-state index contributed by atoms with van der Waals surface area (Å²) < 4.78 is 5.32. The lowest BCUT2D eigenvalue weighted by Gasteiger charge is -2.08. The second kappa shape index (κ2) is 3.29. The lowest BCUT2D eigenvalue weighted by Crippen LogP contribution is -2.27. The molecule has 0 saturated carbocycles. The summed E-state index contributed by atoms with van der Waals surface area (Å²) in [6.45, 7) is 1.26. The SMILES string of the molecule is NC1COCC1c1nc2ccncc2[nH]1. The fourth-order valence-corrected chi connectivity index (χ4v) is 1.90. The molecule has 78 valence electrons. The third-order valence-electron chi connectivity index (χ3n) is 2.78. The van der Waals surface area contributed by atoms with Gasteiger partial charge in [-0.05, 0) is 6.07 Å². The van der Waals surface area contributed by atoms with Crippen LogP contribution in [0.4, 0.5) is 0 Å². The number of aromatic amines is 1. The predicted molar refractivity (Wildman–Crippen MR) is 55.4 cm³/mol. The molecule has 0 bridgehead atoms. The van der Waals surface area contributed by atoms with E-state index in [9.17, 15) is 0 Å². The van der Waals surface area contributed by atoms with Crippen molar-refractivity contribution in [2.75, 3.05) is 13.2 Å². The minimum absolute atomic E-state index is 0.0403. The summed E-state index contributed by atoms with van der Waals surface area (Å²) in [6, 6.07) is 1.93. The van der Waals surface area contributed by atoms with Crippen molar-refractivity contribution >= 4 is 11.0 Å². The number of nitrogens with one attached hydrogen (secondary N) is 1. The second-order valence-corrected chi connectivity index (χ2v) is 3.82. The van der Waals surface area contributed by atoms with Crippen molar-refractivity contribution in [3.63, 3.8) is 0 Å². The Morgan fingerprint density at radius 3 is 3.13 bits per heavy atom. The molecule has 3 N–H and O–H groups in total. The summed E-state index contributed by atoms with van der Waals surface area (Å²) >= 11 is 0. The summed E-state index contributed by atoms with van der Waals surface area (Å²) in [5, 5.41) is 0. The monoisotopic (exact) mass is 204 g/mol. The van der Waals surface area contributed by atoms with Crippen molar-refractivity contribution in [1.82, 2.24) is 15.0 Å². The normalized spacial score (nSPS) is 26.2. The molecule has 2 unspecified atom stereocenters. The number of ether oxygens (including phenoxy) is 1. The molecule has 3 heterocycles. The average Bonchev–Trinajstić information content (AvgIpc) is 2.82. The van der Waals surface area contributed by atoms with Crippen LogP contribution in [0.5, 0.6) is 0 Å². The van der Waals surface area contributed by atoms with Crippen molar-refractivity contribution in [2.45, 2.75) is 12.0 Å². The highest BCUT2D eigenvalue weighted by Gasteiger charge is 2.28. The van der Waals surface area contributed by atoms with Crippen molar-refractivity contribution < 1.29 is 4.74 Å². The largest absolute Gasteiger partial charge is 0.379 e. The van der Waals surface area contributed by atoms with Gasteiger partial charge in [0.1, 0.15) is 5.82 Å². The first-order valence-corrected chi connectivity index (χ1v) is 4.97. The Morgan fingerprint density at radius 1 is 1.47 bits per heavy atom. The van der Waals surface area contributed by atoms with Crippen LogP contribution in [0.25, 0.3) is 11.0 Å². The van der Waals surface area contributed by atoms with E-state index in [1.165, 1.54) is 0 Å². The number of imidazole rings is 1. The first kappa shape index (κ1) is 8.82. The molecule has 5 heteroatoms. The van der Waals surface area contributed by atoms with Gasteiger partial charge in [-0.25, -0.2) is 4.98 Å². The Balaban J connectivity index is 2.04. The van der Waals surface area contributed by atoms with E-state index in [0.29, 0.717) is 13.2 Å². The Kier molecular flexibility index (Phi) is 1.93. The average molecular weight is 204 g/mol. The topological polar surface area (TPSA) is 76.8 Å². The molecule has 0 amide bonds. The summed E-state index contributed by atoms with van der Waals surface area (Å²) in [6.07, 6.45) is 3.51. The zero-order valence-electron chi connectivity index (χ0n) is 8.18. The maximum Gasteiger partial charge on any atom is 0.114 e. The molecule has 2 aromatic heterocycles. The van der Waals surface area contributed by atoms with E-state index >= 15 is 0 Å². The molecular formula is C10H12N4O. The lowest BCUT2D eigenvalue weighted by atomic mass is 10.0. The number of nitrogens with zero attached hydrogens (tertiary/aromatic N) is 2. The standard InChI is InChI=1S/C10H12N4O/c11-7-5-15-4-6(7)10-13-8-1-2-12-3-9(8)14-10/h1-3,6-7H,4-5,11H2,(H,13,14). The molecular weight excluding hydrogens is 192 g/mol. The van der Waals surface area contributed by atoms with Crippen molar-refractivity contribution in [1.29, 1.82) is 0 Å². The van der Waals surface area contributed by atoms with Crippen LogP contribution in [0.15, 0.2) is 18.5 Å². The maximum atomic E-state index is 5.93. The molecule has 0 aliphatic carbocycles. The lowest BCUT2D eigenvalue weighted by molar-refractivity contribution is 0.190. The molecule has 0 spiro atoms. The van der Waals surface area contributed by atoms with Gasteiger partial charge >= 0.3 is 0 Å². The molecule has 2 aromatic rings. The van der Waals surface area contributed by atoms with Gasteiger partial charge in [-0.3, -0.25) is 4.98 Å². The Labute approximate surface area is 86.7 Å². The number of hydrogen-bond acceptors (Lipinski definition) is 4. The molecule has 1 fully saturated rings. The molecule has 15 heavy (non-hydrogen) atoms. The number of fused-ring (bicyclic) bond motifs is 1. The first-order chi connectivity index (χ1) is 7.34. The van der Waals surface area contributed by atoms with E-state index in [1.54, 1.807) is 12.4 Å². The van der Waals surface area contributed by atoms with E-state index in [1.807, 2.05) is 6.07 Å². The zero-order valence-corrected chi connectivity index (χ0v) is 8.18. The van der Waals surface area contributed by atoms with Gasteiger partial charge in [0.25, 0.3) is 0 Å². The van der Waals surface area contributed by atoms with Crippen LogP contribution in [0, 0.1) is 0 Å². The highest BCUT2D eigenvalue weighted by Crippen LogP contribution is 2.23. The van der Waals surface area contributed by atoms with E-state index in [2.05, 4.69) is 15.0 Å². The molecule has 5 nitrogen and oxygen atoms in total. The molecule has 3 rings (SSSR count). The minimum atomic E-state index is 0.0403. The van der Waals surface area contributed by atoms with Gasteiger partial charge in [-0.15, -0.1) is 0 Å². The predicted octanol–water partition coefficient (Wildman–Crippen LogP) is 0.399. The maximum absolute atomic E-state index is 5.93. The van der Waals surface area contributed by atoms with Gasteiger partial charge in [0.15, 0.2) is 0 Å². The highest BCUT2D eigenvalue weighted by atomic mass is 16.5. The Bertz CT molecular complexity index is 448. The van der Waals surface area contributed by atoms with Crippen LogP contribution in [0.2, 0.25) is 0 Å². The quantitative estimate of drug-likeness (QED) is 0.704.